The number of aromatic nitrogens is 2. The van der Waals surface area contributed by atoms with Gasteiger partial charge < -0.3 is 5.73 Å². The van der Waals surface area contributed by atoms with Gasteiger partial charge in [-0.25, -0.2) is 4.79 Å². The molecular formula is C9H16N4O. The van der Waals surface area contributed by atoms with Crippen molar-refractivity contribution in [3.8, 4) is 0 Å². The summed E-state index contributed by atoms with van der Waals surface area (Å²) in [4.78, 5) is 12.6. The molecule has 0 saturated heterocycles. The van der Waals surface area contributed by atoms with Crippen LogP contribution in [0.5, 0.6) is 0 Å². The lowest BCUT2D eigenvalue weighted by Gasteiger charge is -2.17. The fraction of sp³-hybridized carbons (Fsp3) is 0.556. The number of nitrogens with zero attached hydrogens (tertiary/aromatic N) is 2. The predicted octanol–water partition coefficient (Wildman–Crippen LogP) is 1.48. The highest BCUT2D eigenvalue weighted by Crippen LogP contribution is 2.09. The van der Waals surface area contributed by atoms with Crippen LogP contribution >= 0.6 is 0 Å². The zero-order valence-corrected chi connectivity index (χ0v) is 8.36. The molecule has 0 saturated carbocycles. The second kappa shape index (κ2) is 5.26. The maximum absolute atomic E-state index is 11.1. The fourth-order valence-electron chi connectivity index (χ4n) is 1.27. The van der Waals surface area contributed by atoms with Gasteiger partial charge in [0, 0.05) is 12.6 Å². The van der Waals surface area contributed by atoms with Gasteiger partial charge in [-0.05, 0) is 6.42 Å². The average molecular weight is 196 g/mol. The fourth-order valence-corrected chi connectivity index (χ4v) is 1.27. The highest BCUT2D eigenvalue weighted by molar-refractivity contribution is 5.89. The molecule has 0 unspecified atom stereocenters. The smallest absolute Gasteiger partial charge is 0.320 e. The van der Waals surface area contributed by atoms with Crippen molar-refractivity contribution >= 4 is 11.8 Å². The van der Waals surface area contributed by atoms with Crippen LogP contribution in [-0.4, -0.2) is 22.8 Å². The molecule has 1 aromatic heterocycles. The predicted molar refractivity (Wildman–Crippen MR) is 55.0 cm³/mol. The van der Waals surface area contributed by atoms with Crippen LogP contribution in [0, 0.1) is 0 Å². The molecule has 0 radical (unpaired) electrons. The summed E-state index contributed by atoms with van der Waals surface area (Å²) in [7, 11) is 0. The van der Waals surface area contributed by atoms with Crippen molar-refractivity contribution in [1.82, 2.24) is 10.2 Å². The SMILES string of the molecule is CCCCCN(C(N)=O)c1ccn[nH]1. The second-order valence-electron chi connectivity index (χ2n) is 3.14. The number of anilines is 1. The van der Waals surface area contributed by atoms with Crippen molar-refractivity contribution in [2.24, 2.45) is 5.73 Å². The third-order valence-corrected chi connectivity index (χ3v) is 2.03. The molecule has 1 heterocycles. The van der Waals surface area contributed by atoms with Gasteiger partial charge in [-0.1, -0.05) is 19.8 Å². The molecule has 3 N–H and O–H groups in total. The lowest BCUT2D eigenvalue weighted by Crippen LogP contribution is -2.36. The minimum Gasteiger partial charge on any atom is -0.351 e. The number of primary amides is 1. The molecule has 5 heteroatoms. The van der Waals surface area contributed by atoms with E-state index in [0.29, 0.717) is 12.4 Å². The Labute approximate surface area is 83.3 Å². The quantitative estimate of drug-likeness (QED) is 0.700. The summed E-state index contributed by atoms with van der Waals surface area (Å²) in [6.45, 7) is 2.76. The third-order valence-electron chi connectivity index (χ3n) is 2.03. The molecular weight excluding hydrogens is 180 g/mol. The van der Waals surface area contributed by atoms with Crippen molar-refractivity contribution in [1.29, 1.82) is 0 Å². The maximum atomic E-state index is 11.1. The van der Waals surface area contributed by atoms with E-state index in [1.54, 1.807) is 12.3 Å². The van der Waals surface area contributed by atoms with Gasteiger partial charge >= 0.3 is 6.03 Å². The van der Waals surface area contributed by atoms with Crippen LogP contribution in [0.3, 0.4) is 0 Å². The number of rotatable bonds is 5. The number of carbonyl (C=O) groups excluding carboxylic acids is 1. The molecule has 0 atom stereocenters. The molecule has 0 spiro atoms. The lowest BCUT2D eigenvalue weighted by atomic mass is 10.2. The first kappa shape index (κ1) is 10.6. The topological polar surface area (TPSA) is 75.0 Å². The Bertz CT molecular complexity index is 270. The third kappa shape index (κ3) is 2.76. The highest BCUT2D eigenvalue weighted by atomic mass is 16.2. The summed E-state index contributed by atoms with van der Waals surface area (Å²) >= 11 is 0. The molecule has 1 aromatic rings. The van der Waals surface area contributed by atoms with Crippen LogP contribution in [0.1, 0.15) is 26.2 Å². The molecule has 0 bridgehead atoms. The number of urea groups is 1. The Morgan fingerprint density at radius 1 is 1.64 bits per heavy atom. The van der Waals surface area contributed by atoms with Crippen LogP contribution < -0.4 is 10.6 Å². The number of aromatic amines is 1. The van der Waals surface area contributed by atoms with E-state index in [-0.39, 0.29) is 0 Å². The van der Waals surface area contributed by atoms with Crippen molar-refractivity contribution in [3.05, 3.63) is 12.3 Å². The Kier molecular flexibility index (Phi) is 3.97. The van der Waals surface area contributed by atoms with E-state index in [9.17, 15) is 4.79 Å². The van der Waals surface area contributed by atoms with Crippen LogP contribution in [-0.2, 0) is 0 Å². The molecule has 0 aliphatic carbocycles. The van der Waals surface area contributed by atoms with Gasteiger partial charge in [-0.2, -0.15) is 5.10 Å². The van der Waals surface area contributed by atoms with Crippen molar-refractivity contribution in [3.63, 3.8) is 0 Å². The van der Waals surface area contributed by atoms with Crippen LogP contribution in [0.25, 0.3) is 0 Å². The zero-order valence-electron chi connectivity index (χ0n) is 8.36. The average Bonchev–Trinajstić information content (AvgIpc) is 2.64. The van der Waals surface area contributed by atoms with Crippen LogP contribution in [0.15, 0.2) is 12.3 Å². The van der Waals surface area contributed by atoms with E-state index in [0.717, 1.165) is 19.3 Å². The van der Waals surface area contributed by atoms with Gasteiger partial charge in [-0.15, -0.1) is 0 Å². The molecule has 78 valence electrons. The highest BCUT2D eigenvalue weighted by Gasteiger charge is 2.12. The van der Waals surface area contributed by atoms with Crippen molar-refractivity contribution < 1.29 is 4.79 Å². The Morgan fingerprint density at radius 3 is 2.93 bits per heavy atom. The summed E-state index contributed by atoms with van der Waals surface area (Å²) in [5, 5.41) is 6.50. The molecule has 1 rings (SSSR count). The van der Waals surface area contributed by atoms with Gasteiger partial charge in [-0.3, -0.25) is 10.00 Å². The number of unbranched alkanes of at least 4 members (excludes halogenated alkanes) is 2. The Balaban J connectivity index is 2.52. The summed E-state index contributed by atoms with van der Waals surface area (Å²) in [6, 6.07) is 1.29. The molecule has 0 fully saturated rings. The molecule has 0 aliphatic rings. The van der Waals surface area contributed by atoms with E-state index in [4.69, 9.17) is 5.73 Å². The van der Waals surface area contributed by atoms with Crippen LogP contribution in [0.2, 0.25) is 0 Å². The first-order valence-electron chi connectivity index (χ1n) is 4.82. The zero-order chi connectivity index (χ0) is 10.4. The number of nitrogens with two attached hydrogens (primary N) is 1. The number of hydrogen-bond donors (Lipinski definition) is 2. The number of amides is 2. The summed E-state index contributed by atoms with van der Waals surface area (Å²) in [5.41, 5.74) is 5.25. The van der Waals surface area contributed by atoms with Crippen molar-refractivity contribution in [2.75, 3.05) is 11.4 Å². The van der Waals surface area contributed by atoms with E-state index in [2.05, 4.69) is 17.1 Å². The summed E-state index contributed by atoms with van der Waals surface area (Å²) < 4.78 is 0. The van der Waals surface area contributed by atoms with E-state index < -0.39 is 6.03 Å². The number of nitrogens with one attached hydrogen (secondary N) is 1. The minimum absolute atomic E-state index is 0.439. The largest absolute Gasteiger partial charge is 0.351 e. The molecule has 0 aromatic carbocycles. The maximum Gasteiger partial charge on any atom is 0.320 e. The van der Waals surface area contributed by atoms with Crippen LogP contribution in [0.4, 0.5) is 10.6 Å². The number of carbonyl (C=O) groups is 1. The van der Waals surface area contributed by atoms with Gasteiger partial charge in [0.2, 0.25) is 0 Å². The standard InChI is InChI=1S/C9H16N4O/c1-2-3-4-7-13(9(10)14)8-5-6-11-12-8/h5-6H,2-4,7H2,1H3,(H2,10,14)(H,11,12). The number of hydrogen-bond acceptors (Lipinski definition) is 2. The van der Waals surface area contributed by atoms with Gasteiger partial charge in [0.15, 0.2) is 0 Å². The molecule has 0 aliphatic heterocycles. The first-order chi connectivity index (χ1) is 6.75. The second-order valence-corrected chi connectivity index (χ2v) is 3.14. The molecule has 14 heavy (non-hydrogen) atoms. The molecule has 2 amide bonds. The number of H-pyrrole nitrogens is 1. The first-order valence-corrected chi connectivity index (χ1v) is 4.82. The monoisotopic (exact) mass is 196 g/mol. The minimum atomic E-state index is -0.439. The normalized spacial score (nSPS) is 10.1. The van der Waals surface area contributed by atoms with Gasteiger partial charge in [0.25, 0.3) is 0 Å². The van der Waals surface area contributed by atoms with Gasteiger partial charge in [0.1, 0.15) is 5.82 Å². The van der Waals surface area contributed by atoms with E-state index >= 15 is 0 Å². The van der Waals surface area contributed by atoms with Gasteiger partial charge in [0.05, 0.1) is 6.20 Å². The van der Waals surface area contributed by atoms with E-state index in [1.807, 2.05) is 0 Å². The lowest BCUT2D eigenvalue weighted by molar-refractivity contribution is 0.253. The molecule has 5 nitrogen and oxygen atoms in total. The Morgan fingerprint density at radius 2 is 2.43 bits per heavy atom. The van der Waals surface area contributed by atoms with E-state index in [1.165, 1.54) is 4.90 Å². The summed E-state index contributed by atoms with van der Waals surface area (Å²) in [5.74, 6) is 0.661. The van der Waals surface area contributed by atoms with Crippen molar-refractivity contribution in [2.45, 2.75) is 26.2 Å². The summed E-state index contributed by atoms with van der Waals surface area (Å²) in [6.07, 6.45) is 4.77. The Hall–Kier alpha value is -1.52.